The van der Waals surface area contributed by atoms with Gasteiger partial charge in [0.15, 0.2) is 11.6 Å². The first-order valence-corrected chi connectivity index (χ1v) is 10.8. The predicted molar refractivity (Wildman–Crippen MR) is 107 cm³/mol. The summed E-state index contributed by atoms with van der Waals surface area (Å²) < 4.78 is 19.7. The lowest BCUT2D eigenvalue weighted by Gasteiger charge is -2.37. The molecule has 1 aromatic rings. The van der Waals surface area contributed by atoms with Gasteiger partial charge in [-0.15, -0.1) is 0 Å². The third kappa shape index (κ3) is 5.03. The number of hydrogen-bond donors (Lipinski definition) is 0. The van der Waals surface area contributed by atoms with Crippen molar-refractivity contribution in [2.75, 3.05) is 6.61 Å². The average Bonchev–Trinajstić information content (AvgIpc) is 2.68. The summed E-state index contributed by atoms with van der Waals surface area (Å²) in [6, 6.07) is 5.60. The molecule has 0 N–H and O–H groups in total. The standard InChI is InChI=1S/C23H32ClFO/c1-2-15-26-23-12-11-21(16-22(23)25)20-9-7-19(8-10-20)18-5-3-17(4-6-18)13-14-24/h11-14,16-20H,2-10,15H2,1H3. The predicted octanol–water partition coefficient (Wildman–Crippen LogP) is 7.45. The second-order valence-corrected chi connectivity index (χ2v) is 8.40. The van der Waals surface area contributed by atoms with E-state index in [1.54, 1.807) is 11.6 Å². The van der Waals surface area contributed by atoms with E-state index >= 15 is 0 Å². The van der Waals surface area contributed by atoms with Crippen molar-refractivity contribution >= 4 is 11.6 Å². The summed E-state index contributed by atoms with van der Waals surface area (Å²) in [6.07, 6.45) is 13.3. The van der Waals surface area contributed by atoms with E-state index in [0.29, 0.717) is 24.2 Å². The van der Waals surface area contributed by atoms with E-state index in [4.69, 9.17) is 16.3 Å². The van der Waals surface area contributed by atoms with E-state index < -0.39 is 0 Å². The second kappa shape index (κ2) is 9.78. The molecule has 0 amide bonds. The van der Waals surface area contributed by atoms with Gasteiger partial charge < -0.3 is 4.74 Å². The molecule has 0 spiro atoms. The Bertz CT molecular complexity index is 584. The van der Waals surface area contributed by atoms with Gasteiger partial charge in [0.05, 0.1) is 6.61 Å². The first kappa shape index (κ1) is 19.7. The fraction of sp³-hybridized carbons (Fsp3) is 0.652. The highest BCUT2D eigenvalue weighted by Gasteiger charge is 2.31. The van der Waals surface area contributed by atoms with Crippen LogP contribution in [0.15, 0.2) is 29.8 Å². The molecular formula is C23H32ClFO. The Balaban J connectivity index is 1.50. The fourth-order valence-electron chi connectivity index (χ4n) is 4.94. The lowest BCUT2D eigenvalue weighted by atomic mass is 9.68. The zero-order valence-corrected chi connectivity index (χ0v) is 16.7. The van der Waals surface area contributed by atoms with Gasteiger partial charge in [-0.2, -0.15) is 0 Å². The lowest BCUT2D eigenvalue weighted by molar-refractivity contribution is 0.171. The number of benzene rings is 1. The van der Waals surface area contributed by atoms with Crippen LogP contribution in [0.25, 0.3) is 0 Å². The summed E-state index contributed by atoms with van der Waals surface area (Å²) in [5.74, 6) is 3.14. The van der Waals surface area contributed by atoms with Crippen molar-refractivity contribution in [2.24, 2.45) is 17.8 Å². The highest BCUT2D eigenvalue weighted by Crippen LogP contribution is 2.44. The van der Waals surface area contributed by atoms with Crippen LogP contribution in [-0.2, 0) is 0 Å². The molecule has 144 valence electrons. The van der Waals surface area contributed by atoms with Crippen molar-refractivity contribution < 1.29 is 9.13 Å². The van der Waals surface area contributed by atoms with Crippen LogP contribution < -0.4 is 4.74 Å². The Kier molecular flexibility index (Phi) is 7.42. The Morgan fingerprint density at radius 2 is 1.69 bits per heavy atom. The average molecular weight is 379 g/mol. The van der Waals surface area contributed by atoms with Crippen molar-refractivity contribution in [3.63, 3.8) is 0 Å². The molecule has 0 saturated heterocycles. The summed E-state index contributed by atoms with van der Waals surface area (Å²) >= 11 is 5.72. The van der Waals surface area contributed by atoms with E-state index in [1.165, 1.54) is 51.4 Å². The lowest BCUT2D eigenvalue weighted by Crippen LogP contribution is -2.25. The Morgan fingerprint density at radius 1 is 1.04 bits per heavy atom. The van der Waals surface area contributed by atoms with Crippen molar-refractivity contribution in [3.8, 4) is 5.75 Å². The van der Waals surface area contributed by atoms with Crippen LogP contribution in [0.3, 0.4) is 0 Å². The van der Waals surface area contributed by atoms with E-state index in [-0.39, 0.29) is 5.82 Å². The highest BCUT2D eigenvalue weighted by molar-refractivity contribution is 6.25. The summed E-state index contributed by atoms with van der Waals surface area (Å²) in [4.78, 5) is 0. The molecular weight excluding hydrogens is 347 g/mol. The third-order valence-electron chi connectivity index (χ3n) is 6.49. The second-order valence-electron chi connectivity index (χ2n) is 8.14. The molecule has 2 saturated carbocycles. The first-order chi connectivity index (χ1) is 12.7. The monoisotopic (exact) mass is 378 g/mol. The summed E-state index contributed by atoms with van der Waals surface area (Å²) in [5, 5.41) is 0. The quantitative estimate of drug-likeness (QED) is 0.499. The Hall–Kier alpha value is -1.02. The smallest absolute Gasteiger partial charge is 0.165 e. The number of allylic oxidation sites excluding steroid dienone is 1. The van der Waals surface area contributed by atoms with Gasteiger partial charge in [-0.25, -0.2) is 4.39 Å². The maximum Gasteiger partial charge on any atom is 0.165 e. The van der Waals surface area contributed by atoms with Crippen molar-refractivity contribution in [1.29, 1.82) is 0 Å². The van der Waals surface area contributed by atoms with Gasteiger partial charge in [0, 0.05) is 5.54 Å². The first-order valence-electron chi connectivity index (χ1n) is 10.4. The van der Waals surface area contributed by atoms with Crippen LogP contribution >= 0.6 is 11.6 Å². The van der Waals surface area contributed by atoms with Crippen LogP contribution in [0, 0.1) is 23.6 Å². The zero-order chi connectivity index (χ0) is 18.4. The van der Waals surface area contributed by atoms with Crippen molar-refractivity contribution in [1.82, 2.24) is 0 Å². The molecule has 0 unspecified atom stereocenters. The van der Waals surface area contributed by atoms with Gasteiger partial charge in [-0.1, -0.05) is 30.7 Å². The van der Waals surface area contributed by atoms with Gasteiger partial charge in [0.2, 0.25) is 0 Å². The van der Waals surface area contributed by atoms with Crippen LogP contribution in [0.2, 0.25) is 0 Å². The normalized spacial score (nSPS) is 29.8. The molecule has 0 radical (unpaired) electrons. The van der Waals surface area contributed by atoms with Crippen LogP contribution in [0.5, 0.6) is 5.75 Å². The molecule has 2 fully saturated rings. The van der Waals surface area contributed by atoms with Crippen molar-refractivity contribution in [3.05, 3.63) is 41.2 Å². The van der Waals surface area contributed by atoms with E-state index in [9.17, 15) is 4.39 Å². The molecule has 0 atom stereocenters. The Labute approximate surface area is 163 Å². The number of hydrogen-bond acceptors (Lipinski definition) is 1. The molecule has 1 nitrogen and oxygen atoms in total. The minimum Gasteiger partial charge on any atom is -0.491 e. The molecule has 3 heteroatoms. The van der Waals surface area contributed by atoms with Crippen LogP contribution in [0.4, 0.5) is 4.39 Å². The van der Waals surface area contributed by atoms with Crippen molar-refractivity contribution in [2.45, 2.75) is 70.6 Å². The number of halogens is 2. The molecule has 0 heterocycles. The van der Waals surface area contributed by atoms with Gasteiger partial charge in [-0.3, -0.25) is 0 Å². The van der Waals surface area contributed by atoms with Crippen LogP contribution in [-0.4, -0.2) is 6.61 Å². The summed E-state index contributed by atoms with van der Waals surface area (Å²) in [7, 11) is 0. The summed E-state index contributed by atoms with van der Waals surface area (Å²) in [5.41, 5.74) is 2.84. The van der Waals surface area contributed by atoms with Crippen LogP contribution in [0.1, 0.15) is 76.2 Å². The maximum absolute atomic E-state index is 14.3. The van der Waals surface area contributed by atoms with E-state index in [2.05, 4.69) is 12.1 Å². The molecule has 26 heavy (non-hydrogen) atoms. The molecule has 1 aromatic carbocycles. The van der Waals surface area contributed by atoms with E-state index in [0.717, 1.165) is 23.8 Å². The third-order valence-corrected chi connectivity index (χ3v) is 6.63. The maximum atomic E-state index is 14.3. The SMILES string of the molecule is CCCOc1ccc(C2CCC(C3CCC(C=CCl)CC3)CC2)cc1F. The minimum atomic E-state index is -0.205. The zero-order valence-electron chi connectivity index (χ0n) is 15.9. The number of rotatable bonds is 6. The Morgan fingerprint density at radius 3 is 2.27 bits per heavy atom. The molecule has 2 aliphatic carbocycles. The van der Waals surface area contributed by atoms with Gasteiger partial charge in [0.1, 0.15) is 0 Å². The molecule has 2 aliphatic rings. The van der Waals surface area contributed by atoms with E-state index in [1.807, 2.05) is 13.0 Å². The number of ether oxygens (including phenoxy) is 1. The topological polar surface area (TPSA) is 9.23 Å². The molecule has 0 bridgehead atoms. The highest BCUT2D eigenvalue weighted by atomic mass is 35.5. The van der Waals surface area contributed by atoms with Gasteiger partial charge >= 0.3 is 0 Å². The minimum absolute atomic E-state index is 0.205. The summed E-state index contributed by atoms with van der Waals surface area (Å²) in [6.45, 7) is 2.61. The van der Waals surface area contributed by atoms with Gasteiger partial charge in [-0.05, 0) is 99.2 Å². The molecule has 3 rings (SSSR count). The molecule has 0 aromatic heterocycles. The molecule has 0 aliphatic heterocycles. The largest absolute Gasteiger partial charge is 0.491 e. The van der Waals surface area contributed by atoms with Gasteiger partial charge in [0.25, 0.3) is 0 Å². The fourth-order valence-corrected chi connectivity index (χ4v) is 5.14.